The Labute approximate surface area is 102 Å². The highest BCUT2D eigenvalue weighted by molar-refractivity contribution is 5.20. The van der Waals surface area contributed by atoms with Gasteiger partial charge in [0.2, 0.25) is 0 Å². The molecule has 0 aromatic heterocycles. The van der Waals surface area contributed by atoms with Crippen LogP contribution in [0.4, 0.5) is 4.39 Å². The van der Waals surface area contributed by atoms with E-state index in [4.69, 9.17) is 4.74 Å². The molecule has 0 saturated carbocycles. The lowest BCUT2D eigenvalue weighted by molar-refractivity contribution is -0.132. The Bertz CT molecular complexity index is 394. The van der Waals surface area contributed by atoms with Crippen LogP contribution in [0.5, 0.6) is 0 Å². The molecule has 0 aliphatic carbocycles. The average Bonchev–Trinajstić information content (AvgIpc) is 2.29. The van der Waals surface area contributed by atoms with E-state index in [1.165, 1.54) is 6.07 Å². The van der Waals surface area contributed by atoms with Gasteiger partial charge in [0.1, 0.15) is 5.82 Å². The summed E-state index contributed by atoms with van der Waals surface area (Å²) in [6.45, 7) is 7.99. The zero-order chi connectivity index (χ0) is 12.5. The second-order valence-electron chi connectivity index (χ2n) is 5.26. The van der Waals surface area contributed by atoms with Crippen LogP contribution in [0, 0.1) is 11.7 Å². The summed E-state index contributed by atoms with van der Waals surface area (Å²) >= 11 is 0. The maximum absolute atomic E-state index is 13.2. The number of hydrogen-bond donors (Lipinski definition) is 1. The fraction of sp³-hybridized carbons (Fsp3) is 0.571. The summed E-state index contributed by atoms with van der Waals surface area (Å²) in [6.07, 6.45) is -0.0631. The largest absolute Gasteiger partial charge is 0.364 e. The minimum Gasteiger partial charge on any atom is -0.364 e. The highest BCUT2D eigenvalue weighted by Gasteiger charge is 2.36. The Morgan fingerprint density at radius 3 is 2.88 bits per heavy atom. The van der Waals surface area contributed by atoms with Crippen LogP contribution in [0.2, 0.25) is 0 Å². The van der Waals surface area contributed by atoms with E-state index in [2.05, 4.69) is 26.1 Å². The van der Waals surface area contributed by atoms with Gasteiger partial charge in [0, 0.05) is 13.1 Å². The number of rotatable bonds is 2. The van der Waals surface area contributed by atoms with Gasteiger partial charge in [-0.15, -0.1) is 0 Å². The average molecular weight is 237 g/mol. The van der Waals surface area contributed by atoms with Crippen LogP contribution in [-0.4, -0.2) is 18.7 Å². The molecule has 17 heavy (non-hydrogen) atoms. The van der Waals surface area contributed by atoms with Gasteiger partial charge in [-0.2, -0.15) is 0 Å². The Kier molecular flexibility index (Phi) is 3.50. The van der Waals surface area contributed by atoms with Crippen LogP contribution in [0.3, 0.4) is 0 Å². The molecule has 2 nitrogen and oxygen atoms in total. The Balaban J connectivity index is 2.18. The minimum absolute atomic E-state index is 0.0631. The molecule has 1 aromatic rings. The van der Waals surface area contributed by atoms with Gasteiger partial charge in [0.15, 0.2) is 0 Å². The van der Waals surface area contributed by atoms with Crippen LogP contribution in [0.15, 0.2) is 24.3 Å². The number of benzene rings is 1. The van der Waals surface area contributed by atoms with Crippen molar-refractivity contribution in [3.05, 3.63) is 35.6 Å². The summed E-state index contributed by atoms with van der Waals surface area (Å²) in [6, 6.07) is 6.66. The number of nitrogens with one attached hydrogen (secondary N) is 1. The van der Waals surface area contributed by atoms with Gasteiger partial charge in [-0.1, -0.05) is 26.0 Å². The van der Waals surface area contributed by atoms with Gasteiger partial charge in [-0.25, -0.2) is 4.39 Å². The van der Waals surface area contributed by atoms with E-state index in [0.29, 0.717) is 5.92 Å². The van der Waals surface area contributed by atoms with Gasteiger partial charge < -0.3 is 10.1 Å². The normalized spacial score (nSPS) is 29.6. The first-order valence-corrected chi connectivity index (χ1v) is 6.15. The summed E-state index contributed by atoms with van der Waals surface area (Å²) < 4.78 is 19.3. The molecule has 0 spiro atoms. The summed E-state index contributed by atoms with van der Waals surface area (Å²) in [5.41, 5.74) is 0.721. The van der Waals surface area contributed by atoms with Crippen molar-refractivity contribution >= 4 is 0 Å². The zero-order valence-electron chi connectivity index (χ0n) is 10.7. The molecule has 94 valence electrons. The quantitative estimate of drug-likeness (QED) is 0.854. The van der Waals surface area contributed by atoms with E-state index in [9.17, 15) is 4.39 Å². The Morgan fingerprint density at radius 1 is 1.47 bits per heavy atom. The topological polar surface area (TPSA) is 21.3 Å². The van der Waals surface area contributed by atoms with Crippen molar-refractivity contribution in [1.29, 1.82) is 0 Å². The van der Waals surface area contributed by atoms with Gasteiger partial charge >= 0.3 is 0 Å². The van der Waals surface area contributed by atoms with Crippen molar-refractivity contribution in [2.45, 2.75) is 32.5 Å². The molecule has 0 amide bonds. The molecule has 2 atom stereocenters. The third kappa shape index (κ3) is 2.67. The standard InChI is InChI=1S/C14H20FNO/c1-10(2)14(3)9-16-8-13(17-14)11-5-4-6-12(15)7-11/h4-7,10,13,16H,8-9H2,1-3H3. The van der Waals surface area contributed by atoms with Crippen molar-refractivity contribution in [2.75, 3.05) is 13.1 Å². The van der Waals surface area contributed by atoms with Crippen LogP contribution >= 0.6 is 0 Å². The van der Waals surface area contributed by atoms with Crippen molar-refractivity contribution in [2.24, 2.45) is 5.92 Å². The molecule has 1 aliphatic heterocycles. The first kappa shape index (κ1) is 12.5. The second kappa shape index (κ2) is 4.75. The van der Waals surface area contributed by atoms with Crippen LogP contribution in [0.1, 0.15) is 32.4 Å². The van der Waals surface area contributed by atoms with E-state index in [1.54, 1.807) is 12.1 Å². The number of morpholine rings is 1. The minimum atomic E-state index is -0.206. The maximum atomic E-state index is 13.2. The third-order valence-corrected chi connectivity index (χ3v) is 3.66. The van der Waals surface area contributed by atoms with E-state index >= 15 is 0 Å². The lowest BCUT2D eigenvalue weighted by Crippen LogP contribution is -2.52. The molecular formula is C14H20FNO. The predicted molar refractivity (Wildman–Crippen MR) is 66.3 cm³/mol. The van der Waals surface area contributed by atoms with Crippen molar-refractivity contribution in [3.8, 4) is 0 Å². The first-order valence-electron chi connectivity index (χ1n) is 6.15. The first-order chi connectivity index (χ1) is 8.01. The van der Waals surface area contributed by atoms with Crippen LogP contribution in [-0.2, 0) is 4.74 Å². The number of ether oxygens (including phenoxy) is 1. The Hall–Kier alpha value is -0.930. The molecular weight excluding hydrogens is 217 g/mol. The van der Waals surface area contributed by atoms with Crippen molar-refractivity contribution in [1.82, 2.24) is 5.32 Å². The molecule has 2 unspecified atom stereocenters. The zero-order valence-corrected chi connectivity index (χ0v) is 10.7. The molecule has 1 N–H and O–H groups in total. The summed E-state index contributed by atoms with van der Waals surface area (Å²) in [5.74, 6) is 0.217. The highest BCUT2D eigenvalue weighted by Crippen LogP contribution is 2.32. The highest BCUT2D eigenvalue weighted by atomic mass is 19.1. The smallest absolute Gasteiger partial charge is 0.123 e. The molecule has 1 fully saturated rings. The SMILES string of the molecule is CC(C)C1(C)CNCC(c2cccc(F)c2)O1. The molecule has 0 bridgehead atoms. The van der Waals surface area contributed by atoms with Crippen LogP contribution in [0.25, 0.3) is 0 Å². The van der Waals surface area contributed by atoms with Gasteiger partial charge in [0.05, 0.1) is 11.7 Å². The summed E-state index contributed by atoms with van der Waals surface area (Å²) in [4.78, 5) is 0. The molecule has 1 aromatic carbocycles. The fourth-order valence-corrected chi connectivity index (χ4v) is 2.09. The third-order valence-electron chi connectivity index (χ3n) is 3.66. The molecule has 2 rings (SSSR count). The van der Waals surface area contributed by atoms with Crippen molar-refractivity contribution in [3.63, 3.8) is 0 Å². The predicted octanol–water partition coefficient (Wildman–Crippen LogP) is 2.90. The molecule has 1 aliphatic rings. The molecule has 1 heterocycles. The monoisotopic (exact) mass is 237 g/mol. The van der Waals surface area contributed by atoms with E-state index in [0.717, 1.165) is 18.7 Å². The second-order valence-corrected chi connectivity index (χ2v) is 5.26. The molecule has 3 heteroatoms. The lowest BCUT2D eigenvalue weighted by atomic mass is 9.90. The number of hydrogen-bond acceptors (Lipinski definition) is 2. The van der Waals surface area contributed by atoms with E-state index in [1.807, 2.05) is 6.07 Å². The van der Waals surface area contributed by atoms with Gasteiger partial charge in [-0.3, -0.25) is 0 Å². The molecule has 0 radical (unpaired) electrons. The van der Waals surface area contributed by atoms with Crippen LogP contribution < -0.4 is 5.32 Å². The van der Waals surface area contributed by atoms with Crippen molar-refractivity contribution < 1.29 is 9.13 Å². The Morgan fingerprint density at radius 2 is 2.24 bits per heavy atom. The fourth-order valence-electron chi connectivity index (χ4n) is 2.09. The van der Waals surface area contributed by atoms with Gasteiger partial charge in [-0.05, 0) is 30.5 Å². The van der Waals surface area contributed by atoms with Gasteiger partial charge in [0.25, 0.3) is 0 Å². The summed E-state index contributed by atoms with van der Waals surface area (Å²) in [5, 5.41) is 3.38. The number of halogens is 1. The summed E-state index contributed by atoms with van der Waals surface area (Å²) in [7, 11) is 0. The van der Waals surface area contributed by atoms with E-state index < -0.39 is 0 Å². The lowest BCUT2D eigenvalue weighted by Gasteiger charge is -2.42. The molecule has 1 saturated heterocycles. The maximum Gasteiger partial charge on any atom is 0.123 e. The van der Waals surface area contributed by atoms with E-state index in [-0.39, 0.29) is 17.5 Å².